The van der Waals surface area contributed by atoms with Crippen LogP contribution in [0.25, 0.3) is 0 Å². The van der Waals surface area contributed by atoms with Crippen molar-refractivity contribution < 1.29 is 0 Å². The molecule has 0 saturated heterocycles. The second-order valence-corrected chi connectivity index (χ2v) is 4.61. The average Bonchev–Trinajstić information content (AvgIpc) is 2.77. The zero-order chi connectivity index (χ0) is 13.0. The molecule has 96 valence electrons. The van der Waals surface area contributed by atoms with Gasteiger partial charge in [0.05, 0.1) is 12.2 Å². The quantitative estimate of drug-likeness (QED) is 0.875. The van der Waals surface area contributed by atoms with Crippen LogP contribution in [0.5, 0.6) is 0 Å². The minimum absolute atomic E-state index is 0.370. The third-order valence-electron chi connectivity index (χ3n) is 3.10. The zero-order valence-corrected chi connectivity index (χ0v) is 11.4. The van der Waals surface area contributed by atoms with E-state index in [4.69, 9.17) is 0 Å². The van der Waals surface area contributed by atoms with Gasteiger partial charge >= 0.3 is 0 Å². The van der Waals surface area contributed by atoms with E-state index in [9.17, 15) is 0 Å². The highest BCUT2D eigenvalue weighted by Crippen LogP contribution is 2.14. The van der Waals surface area contributed by atoms with Gasteiger partial charge in [0.2, 0.25) is 0 Å². The van der Waals surface area contributed by atoms with Gasteiger partial charge in [0.1, 0.15) is 0 Å². The molecular weight excluding hydrogens is 222 g/mol. The Morgan fingerprint density at radius 2 is 2.11 bits per heavy atom. The third kappa shape index (κ3) is 2.99. The molecule has 0 fully saturated rings. The topological polar surface area (TPSA) is 29.9 Å². The van der Waals surface area contributed by atoms with Gasteiger partial charge in [-0.1, -0.05) is 13.0 Å². The number of pyridine rings is 1. The summed E-state index contributed by atoms with van der Waals surface area (Å²) in [5.74, 6) is 0. The summed E-state index contributed by atoms with van der Waals surface area (Å²) in [6.07, 6.45) is 2.12. The van der Waals surface area contributed by atoms with E-state index in [1.54, 1.807) is 0 Å². The van der Waals surface area contributed by atoms with Gasteiger partial charge in [0, 0.05) is 23.6 Å². The molecule has 0 saturated carbocycles. The van der Waals surface area contributed by atoms with Gasteiger partial charge in [-0.15, -0.1) is 0 Å². The Kier molecular flexibility index (Phi) is 4.15. The van der Waals surface area contributed by atoms with Crippen LogP contribution >= 0.6 is 0 Å². The van der Waals surface area contributed by atoms with E-state index in [0.717, 1.165) is 24.5 Å². The van der Waals surface area contributed by atoms with Crippen molar-refractivity contribution in [1.29, 1.82) is 0 Å². The van der Waals surface area contributed by atoms with Crippen LogP contribution in [-0.2, 0) is 6.54 Å². The van der Waals surface area contributed by atoms with Gasteiger partial charge in [0.15, 0.2) is 0 Å². The Hall–Kier alpha value is -1.61. The van der Waals surface area contributed by atoms with Crippen molar-refractivity contribution in [3.63, 3.8) is 0 Å². The fourth-order valence-corrected chi connectivity index (χ4v) is 2.24. The fraction of sp³-hybridized carbons (Fsp3) is 0.400. The summed E-state index contributed by atoms with van der Waals surface area (Å²) in [4.78, 5) is 4.55. The van der Waals surface area contributed by atoms with Gasteiger partial charge < -0.3 is 9.88 Å². The van der Waals surface area contributed by atoms with Crippen molar-refractivity contribution in [2.24, 2.45) is 0 Å². The van der Waals surface area contributed by atoms with Crippen LogP contribution in [0.15, 0.2) is 36.5 Å². The highest BCUT2D eigenvalue weighted by molar-refractivity contribution is 5.16. The lowest BCUT2D eigenvalue weighted by Crippen LogP contribution is -2.21. The minimum Gasteiger partial charge on any atom is -0.344 e. The molecule has 0 aromatic carbocycles. The molecule has 0 radical (unpaired) electrons. The van der Waals surface area contributed by atoms with Crippen LogP contribution in [0.1, 0.15) is 37.0 Å². The number of nitrogens with zero attached hydrogens (tertiary/aromatic N) is 2. The SMILES string of the molecule is CCNC(C)c1cccn1Cc1cccc(C)n1. The third-order valence-corrected chi connectivity index (χ3v) is 3.10. The summed E-state index contributed by atoms with van der Waals surface area (Å²) in [7, 11) is 0. The molecule has 1 atom stereocenters. The van der Waals surface area contributed by atoms with E-state index in [2.05, 4.69) is 59.2 Å². The van der Waals surface area contributed by atoms with Crippen LogP contribution in [0.4, 0.5) is 0 Å². The maximum atomic E-state index is 4.55. The largest absolute Gasteiger partial charge is 0.344 e. The van der Waals surface area contributed by atoms with E-state index < -0.39 is 0 Å². The average molecular weight is 243 g/mol. The standard InChI is InChI=1S/C15H21N3/c1-4-16-13(3)15-9-6-10-18(15)11-14-8-5-7-12(2)17-14/h5-10,13,16H,4,11H2,1-3H3. The normalized spacial score (nSPS) is 12.6. The van der Waals surface area contributed by atoms with Crippen molar-refractivity contribution in [2.75, 3.05) is 6.54 Å². The first-order valence-electron chi connectivity index (χ1n) is 6.51. The number of rotatable bonds is 5. The highest BCUT2D eigenvalue weighted by atomic mass is 15.0. The number of hydrogen-bond acceptors (Lipinski definition) is 2. The van der Waals surface area contributed by atoms with Gasteiger partial charge in [-0.25, -0.2) is 0 Å². The Balaban J connectivity index is 2.17. The molecule has 0 aliphatic heterocycles. The van der Waals surface area contributed by atoms with Crippen LogP contribution in [-0.4, -0.2) is 16.1 Å². The molecule has 2 aromatic heterocycles. The first-order chi connectivity index (χ1) is 8.70. The molecule has 3 nitrogen and oxygen atoms in total. The molecule has 1 unspecified atom stereocenters. The molecule has 0 bridgehead atoms. The second-order valence-electron chi connectivity index (χ2n) is 4.61. The summed E-state index contributed by atoms with van der Waals surface area (Å²) < 4.78 is 2.26. The summed E-state index contributed by atoms with van der Waals surface area (Å²) in [5.41, 5.74) is 3.48. The Morgan fingerprint density at radius 3 is 2.83 bits per heavy atom. The monoisotopic (exact) mass is 243 g/mol. The minimum atomic E-state index is 0.370. The van der Waals surface area contributed by atoms with Crippen molar-refractivity contribution >= 4 is 0 Å². The molecule has 2 rings (SSSR count). The van der Waals surface area contributed by atoms with Crippen LogP contribution in [0.2, 0.25) is 0 Å². The van der Waals surface area contributed by atoms with Gasteiger partial charge in [-0.05, 0) is 44.7 Å². The van der Waals surface area contributed by atoms with Crippen LogP contribution in [0, 0.1) is 6.92 Å². The number of aryl methyl sites for hydroxylation is 1. The first kappa shape index (κ1) is 12.8. The van der Waals surface area contributed by atoms with Crippen molar-refractivity contribution in [1.82, 2.24) is 14.9 Å². The molecule has 18 heavy (non-hydrogen) atoms. The lowest BCUT2D eigenvalue weighted by atomic mass is 10.2. The molecule has 0 spiro atoms. The summed E-state index contributed by atoms with van der Waals surface area (Å²) >= 11 is 0. The smallest absolute Gasteiger partial charge is 0.0646 e. The molecule has 0 aliphatic rings. The molecule has 0 aliphatic carbocycles. The predicted molar refractivity (Wildman–Crippen MR) is 74.6 cm³/mol. The summed E-state index contributed by atoms with van der Waals surface area (Å²) in [5, 5.41) is 3.44. The Morgan fingerprint density at radius 1 is 1.28 bits per heavy atom. The molecule has 3 heteroatoms. The van der Waals surface area contributed by atoms with Crippen LogP contribution in [0.3, 0.4) is 0 Å². The molecule has 2 aromatic rings. The lowest BCUT2D eigenvalue weighted by molar-refractivity contribution is 0.551. The Bertz CT molecular complexity index is 502. The van der Waals surface area contributed by atoms with E-state index in [0.29, 0.717) is 6.04 Å². The Labute approximate surface area is 109 Å². The van der Waals surface area contributed by atoms with Gasteiger partial charge in [-0.2, -0.15) is 0 Å². The molecule has 0 amide bonds. The fourth-order valence-electron chi connectivity index (χ4n) is 2.24. The summed E-state index contributed by atoms with van der Waals surface area (Å²) in [6, 6.07) is 10.8. The van der Waals surface area contributed by atoms with E-state index in [1.807, 2.05) is 13.0 Å². The van der Waals surface area contributed by atoms with Crippen molar-refractivity contribution in [3.05, 3.63) is 53.6 Å². The summed E-state index contributed by atoms with van der Waals surface area (Å²) in [6.45, 7) is 8.17. The molecular formula is C15H21N3. The maximum absolute atomic E-state index is 4.55. The highest BCUT2D eigenvalue weighted by Gasteiger charge is 2.09. The lowest BCUT2D eigenvalue weighted by Gasteiger charge is -2.16. The van der Waals surface area contributed by atoms with Gasteiger partial charge in [-0.3, -0.25) is 4.98 Å². The first-order valence-corrected chi connectivity index (χ1v) is 6.51. The van der Waals surface area contributed by atoms with Crippen LogP contribution < -0.4 is 5.32 Å². The number of aromatic nitrogens is 2. The second kappa shape index (κ2) is 5.83. The molecule has 1 N–H and O–H groups in total. The van der Waals surface area contributed by atoms with E-state index in [1.165, 1.54) is 5.69 Å². The van der Waals surface area contributed by atoms with E-state index in [-0.39, 0.29) is 0 Å². The molecule has 2 heterocycles. The van der Waals surface area contributed by atoms with Crippen molar-refractivity contribution in [3.8, 4) is 0 Å². The van der Waals surface area contributed by atoms with Crippen molar-refractivity contribution in [2.45, 2.75) is 33.4 Å². The predicted octanol–water partition coefficient (Wildman–Crippen LogP) is 2.91. The maximum Gasteiger partial charge on any atom is 0.0646 e. The van der Waals surface area contributed by atoms with E-state index >= 15 is 0 Å². The zero-order valence-electron chi connectivity index (χ0n) is 11.4. The number of nitrogens with one attached hydrogen (secondary N) is 1. The number of hydrogen-bond donors (Lipinski definition) is 1. The van der Waals surface area contributed by atoms with Gasteiger partial charge in [0.25, 0.3) is 0 Å².